The monoisotopic (exact) mass is 254 g/mol. The number of carbonyl (C=O) groups is 1. The molecule has 1 fully saturated rings. The Bertz CT molecular complexity index is 271. The molecule has 2 atom stereocenters. The number of likely N-dealkylation sites (tertiary alicyclic amines) is 1. The molecule has 0 saturated carbocycles. The SMILES string of the molecule is CNCC(=O)N1C[C@@H](COC)[C@H](C(F)(F)F)C1. The molecule has 100 valence electrons. The Kier molecular flexibility index (Phi) is 4.76. The van der Waals surface area contributed by atoms with Crippen LogP contribution in [0.5, 0.6) is 0 Å². The van der Waals surface area contributed by atoms with Gasteiger partial charge in [0.2, 0.25) is 5.91 Å². The van der Waals surface area contributed by atoms with Crippen molar-refractivity contribution in [3.63, 3.8) is 0 Å². The Hall–Kier alpha value is -0.820. The van der Waals surface area contributed by atoms with E-state index in [1.807, 2.05) is 0 Å². The van der Waals surface area contributed by atoms with Crippen LogP contribution in [-0.2, 0) is 9.53 Å². The number of hydrogen-bond donors (Lipinski definition) is 1. The van der Waals surface area contributed by atoms with Crippen molar-refractivity contribution in [2.45, 2.75) is 6.18 Å². The molecular weight excluding hydrogens is 237 g/mol. The highest BCUT2D eigenvalue weighted by molar-refractivity contribution is 5.78. The third kappa shape index (κ3) is 3.57. The van der Waals surface area contributed by atoms with Crippen LogP contribution in [0.3, 0.4) is 0 Å². The number of carbonyl (C=O) groups excluding carboxylic acids is 1. The summed E-state index contributed by atoms with van der Waals surface area (Å²) in [6.07, 6.45) is -4.28. The topological polar surface area (TPSA) is 41.6 Å². The molecule has 0 bridgehead atoms. The standard InChI is InChI=1S/C10H17F3N2O2/c1-14-3-9(16)15-4-7(6-17-2)8(5-15)10(11,12)13/h7-8,14H,3-6H2,1-2H3/t7-,8+/m0/s1. The van der Waals surface area contributed by atoms with Crippen molar-refractivity contribution < 1.29 is 22.7 Å². The minimum absolute atomic E-state index is 0.0213. The summed E-state index contributed by atoms with van der Waals surface area (Å²) < 4.78 is 43.0. The van der Waals surface area contributed by atoms with E-state index in [-0.39, 0.29) is 32.1 Å². The number of alkyl halides is 3. The molecule has 1 amide bonds. The van der Waals surface area contributed by atoms with E-state index in [2.05, 4.69) is 5.32 Å². The summed E-state index contributed by atoms with van der Waals surface area (Å²) in [4.78, 5) is 12.8. The van der Waals surface area contributed by atoms with Crippen molar-refractivity contribution >= 4 is 5.91 Å². The minimum Gasteiger partial charge on any atom is -0.384 e. The summed E-state index contributed by atoms with van der Waals surface area (Å²) in [5.74, 6) is -2.45. The van der Waals surface area contributed by atoms with Crippen molar-refractivity contribution in [1.82, 2.24) is 10.2 Å². The highest BCUT2D eigenvalue weighted by atomic mass is 19.4. The largest absolute Gasteiger partial charge is 0.393 e. The summed E-state index contributed by atoms with van der Waals surface area (Å²) in [5, 5.41) is 2.64. The molecule has 0 unspecified atom stereocenters. The lowest BCUT2D eigenvalue weighted by atomic mass is 9.96. The Morgan fingerprint density at radius 3 is 2.59 bits per heavy atom. The zero-order valence-corrected chi connectivity index (χ0v) is 9.88. The minimum atomic E-state index is -4.28. The third-order valence-electron chi connectivity index (χ3n) is 2.92. The molecule has 0 radical (unpaired) electrons. The van der Waals surface area contributed by atoms with Gasteiger partial charge in [-0.25, -0.2) is 0 Å². The highest BCUT2D eigenvalue weighted by Crippen LogP contribution is 2.37. The number of amides is 1. The highest BCUT2D eigenvalue weighted by Gasteiger charge is 2.50. The fourth-order valence-electron chi connectivity index (χ4n) is 2.09. The van der Waals surface area contributed by atoms with Gasteiger partial charge in [0.1, 0.15) is 0 Å². The van der Waals surface area contributed by atoms with Crippen LogP contribution in [0.1, 0.15) is 0 Å². The Morgan fingerprint density at radius 2 is 2.12 bits per heavy atom. The maximum absolute atomic E-state index is 12.7. The van der Waals surface area contributed by atoms with E-state index >= 15 is 0 Å². The van der Waals surface area contributed by atoms with Gasteiger partial charge in [0.15, 0.2) is 0 Å². The van der Waals surface area contributed by atoms with E-state index < -0.39 is 18.0 Å². The molecule has 1 N–H and O–H groups in total. The summed E-state index contributed by atoms with van der Waals surface area (Å²) in [6.45, 7) is -0.0750. The summed E-state index contributed by atoms with van der Waals surface area (Å²) in [7, 11) is 2.95. The average Bonchev–Trinajstić information content (AvgIpc) is 2.62. The molecular formula is C10H17F3N2O2. The van der Waals surface area contributed by atoms with Gasteiger partial charge in [0, 0.05) is 26.1 Å². The summed E-state index contributed by atoms with van der Waals surface area (Å²) >= 11 is 0. The van der Waals surface area contributed by atoms with E-state index in [1.165, 1.54) is 12.0 Å². The molecule has 4 nitrogen and oxygen atoms in total. The Labute approximate surface area is 98.1 Å². The van der Waals surface area contributed by atoms with Crippen LogP contribution < -0.4 is 5.32 Å². The van der Waals surface area contributed by atoms with Gasteiger partial charge in [0.05, 0.1) is 19.1 Å². The zero-order valence-electron chi connectivity index (χ0n) is 9.88. The fourth-order valence-corrected chi connectivity index (χ4v) is 2.09. The molecule has 7 heteroatoms. The lowest BCUT2D eigenvalue weighted by Gasteiger charge is -2.19. The summed E-state index contributed by atoms with van der Waals surface area (Å²) in [5.41, 5.74) is 0. The molecule has 1 heterocycles. The number of rotatable bonds is 4. The number of nitrogens with one attached hydrogen (secondary N) is 1. The molecule has 0 spiro atoms. The van der Waals surface area contributed by atoms with Gasteiger partial charge >= 0.3 is 6.18 Å². The molecule has 1 rings (SSSR count). The van der Waals surface area contributed by atoms with Crippen molar-refractivity contribution in [3.8, 4) is 0 Å². The second kappa shape index (κ2) is 5.68. The van der Waals surface area contributed by atoms with Gasteiger partial charge in [0.25, 0.3) is 0 Å². The first kappa shape index (κ1) is 14.2. The van der Waals surface area contributed by atoms with Gasteiger partial charge in [-0.3, -0.25) is 4.79 Å². The van der Waals surface area contributed by atoms with Crippen LogP contribution in [-0.4, -0.2) is 57.4 Å². The average molecular weight is 254 g/mol. The number of methoxy groups -OCH3 is 1. The molecule has 1 saturated heterocycles. The van der Waals surface area contributed by atoms with Crippen LogP contribution >= 0.6 is 0 Å². The van der Waals surface area contributed by atoms with Gasteiger partial charge in [-0.1, -0.05) is 0 Å². The van der Waals surface area contributed by atoms with Crippen molar-refractivity contribution in [2.75, 3.05) is 40.4 Å². The molecule has 0 aromatic heterocycles. The van der Waals surface area contributed by atoms with Crippen molar-refractivity contribution in [2.24, 2.45) is 11.8 Å². The van der Waals surface area contributed by atoms with Crippen molar-refractivity contribution in [1.29, 1.82) is 0 Å². The van der Waals surface area contributed by atoms with Crippen LogP contribution in [0.4, 0.5) is 13.2 Å². The number of likely N-dealkylation sites (N-methyl/N-ethyl adjacent to an activating group) is 1. The van der Waals surface area contributed by atoms with Crippen LogP contribution in [0, 0.1) is 11.8 Å². The van der Waals surface area contributed by atoms with E-state index in [4.69, 9.17) is 4.74 Å². The zero-order chi connectivity index (χ0) is 13.1. The first-order valence-corrected chi connectivity index (χ1v) is 5.38. The van der Waals surface area contributed by atoms with Crippen LogP contribution in [0.25, 0.3) is 0 Å². The number of hydrogen-bond acceptors (Lipinski definition) is 3. The second-order valence-corrected chi connectivity index (χ2v) is 4.19. The van der Waals surface area contributed by atoms with Crippen LogP contribution in [0.15, 0.2) is 0 Å². The lowest BCUT2D eigenvalue weighted by molar-refractivity contribution is -0.183. The quantitative estimate of drug-likeness (QED) is 0.794. The first-order chi connectivity index (χ1) is 7.90. The van der Waals surface area contributed by atoms with Crippen molar-refractivity contribution in [3.05, 3.63) is 0 Å². The van der Waals surface area contributed by atoms with E-state index in [0.717, 1.165) is 0 Å². The normalized spacial score (nSPS) is 25.4. The van der Waals surface area contributed by atoms with E-state index in [9.17, 15) is 18.0 Å². The van der Waals surface area contributed by atoms with E-state index in [1.54, 1.807) is 7.05 Å². The number of ether oxygens (including phenoxy) is 1. The first-order valence-electron chi connectivity index (χ1n) is 5.38. The molecule has 1 aliphatic rings. The third-order valence-corrected chi connectivity index (χ3v) is 2.92. The van der Waals surface area contributed by atoms with Crippen LogP contribution in [0.2, 0.25) is 0 Å². The molecule has 0 aromatic carbocycles. The van der Waals surface area contributed by atoms with E-state index in [0.29, 0.717) is 0 Å². The maximum atomic E-state index is 12.7. The molecule has 17 heavy (non-hydrogen) atoms. The smallest absolute Gasteiger partial charge is 0.384 e. The fraction of sp³-hybridized carbons (Fsp3) is 0.900. The maximum Gasteiger partial charge on any atom is 0.393 e. The van der Waals surface area contributed by atoms with Gasteiger partial charge < -0.3 is 15.0 Å². The lowest BCUT2D eigenvalue weighted by Crippen LogP contribution is -2.36. The second-order valence-electron chi connectivity index (χ2n) is 4.19. The van der Waals surface area contributed by atoms with Gasteiger partial charge in [-0.05, 0) is 7.05 Å². The van der Waals surface area contributed by atoms with Gasteiger partial charge in [-0.2, -0.15) is 13.2 Å². The number of nitrogens with zero attached hydrogens (tertiary/aromatic N) is 1. The summed E-state index contributed by atoms with van der Waals surface area (Å²) in [6, 6.07) is 0. The van der Waals surface area contributed by atoms with Gasteiger partial charge in [-0.15, -0.1) is 0 Å². The molecule has 0 aliphatic carbocycles. The molecule has 1 aliphatic heterocycles. The Morgan fingerprint density at radius 1 is 1.47 bits per heavy atom. The predicted octanol–water partition coefficient (Wildman–Crippen LogP) is 0.489. The Balaban J connectivity index is 2.68. The number of halogens is 3. The predicted molar refractivity (Wildman–Crippen MR) is 55.4 cm³/mol. The molecule has 0 aromatic rings.